The van der Waals surface area contributed by atoms with E-state index in [1.807, 2.05) is 33.2 Å². The van der Waals surface area contributed by atoms with Crippen LogP contribution in [0, 0.1) is 5.92 Å². The Kier molecular flexibility index (Phi) is 4.34. The molecule has 1 aromatic heterocycles. The number of hydrogen-bond acceptors (Lipinski definition) is 3. The van der Waals surface area contributed by atoms with Crippen molar-refractivity contribution < 1.29 is 14.4 Å². The van der Waals surface area contributed by atoms with Crippen LogP contribution < -0.4 is 10.6 Å². The number of amides is 3. The van der Waals surface area contributed by atoms with Crippen LogP contribution in [0.4, 0.5) is 0 Å². The second-order valence-electron chi connectivity index (χ2n) is 6.98. The minimum absolute atomic E-state index is 0.0122. The molecular weight excluding hydrogens is 308 g/mol. The molecule has 3 atom stereocenters. The van der Waals surface area contributed by atoms with Gasteiger partial charge in [-0.05, 0) is 30.9 Å². The lowest BCUT2D eigenvalue weighted by Gasteiger charge is -2.45. The molecule has 1 aromatic rings. The summed E-state index contributed by atoms with van der Waals surface area (Å²) in [6.07, 6.45) is 2.94. The summed E-state index contributed by atoms with van der Waals surface area (Å²) in [6, 6.07) is 2.54. The van der Waals surface area contributed by atoms with Gasteiger partial charge in [0.1, 0.15) is 17.8 Å². The molecule has 3 rings (SSSR count). The summed E-state index contributed by atoms with van der Waals surface area (Å²) in [5.41, 5.74) is 0.585. The Morgan fingerprint density at radius 2 is 2.12 bits per heavy atom. The summed E-state index contributed by atoms with van der Waals surface area (Å²) >= 11 is 0. The molecule has 0 radical (unpaired) electrons. The van der Waals surface area contributed by atoms with E-state index in [0.29, 0.717) is 25.1 Å². The summed E-state index contributed by atoms with van der Waals surface area (Å²) in [4.78, 5) is 38.9. The summed E-state index contributed by atoms with van der Waals surface area (Å²) in [6.45, 7) is 4.35. The van der Waals surface area contributed by atoms with Crippen molar-refractivity contribution in [2.45, 2.75) is 44.8 Å². The molecule has 24 heavy (non-hydrogen) atoms. The van der Waals surface area contributed by atoms with Gasteiger partial charge in [0.05, 0.1) is 0 Å². The lowest BCUT2D eigenvalue weighted by atomic mass is 9.90. The van der Waals surface area contributed by atoms with Crippen LogP contribution in [0.1, 0.15) is 37.2 Å². The smallest absolute Gasteiger partial charge is 0.268 e. The van der Waals surface area contributed by atoms with Crippen molar-refractivity contribution in [3.8, 4) is 0 Å². The highest BCUT2D eigenvalue weighted by Gasteiger charge is 2.44. The number of nitrogens with one attached hydrogen (secondary N) is 2. The summed E-state index contributed by atoms with van der Waals surface area (Å²) in [5, 5.41) is 5.82. The fourth-order valence-corrected chi connectivity index (χ4v) is 3.51. The second kappa shape index (κ2) is 6.30. The topological polar surface area (TPSA) is 83.4 Å². The van der Waals surface area contributed by atoms with Gasteiger partial charge < -0.3 is 20.1 Å². The average molecular weight is 332 g/mol. The van der Waals surface area contributed by atoms with Gasteiger partial charge in [-0.15, -0.1) is 0 Å². The van der Waals surface area contributed by atoms with E-state index in [1.165, 1.54) is 0 Å². The van der Waals surface area contributed by atoms with E-state index >= 15 is 0 Å². The van der Waals surface area contributed by atoms with Gasteiger partial charge in [-0.25, -0.2) is 0 Å². The van der Waals surface area contributed by atoms with Gasteiger partial charge >= 0.3 is 0 Å². The number of fused-ring (bicyclic) bond motifs is 1. The first-order valence-electron chi connectivity index (χ1n) is 8.41. The third kappa shape index (κ3) is 2.90. The van der Waals surface area contributed by atoms with Crippen LogP contribution in [-0.2, 0) is 16.6 Å². The van der Waals surface area contributed by atoms with Crippen LogP contribution in [0.2, 0.25) is 0 Å². The highest BCUT2D eigenvalue weighted by atomic mass is 16.2. The first kappa shape index (κ1) is 16.5. The van der Waals surface area contributed by atoms with Gasteiger partial charge in [0.15, 0.2) is 0 Å². The normalized spacial score (nSPS) is 27.0. The van der Waals surface area contributed by atoms with E-state index in [-0.39, 0.29) is 29.7 Å². The van der Waals surface area contributed by atoms with Crippen molar-refractivity contribution >= 4 is 17.7 Å². The Labute approximate surface area is 141 Å². The van der Waals surface area contributed by atoms with Crippen molar-refractivity contribution in [1.82, 2.24) is 20.1 Å². The zero-order valence-corrected chi connectivity index (χ0v) is 14.3. The molecule has 0 aliphatic carbocycles. The van der Waals surface area contributed by atoms with Gasteiger partial charge in [-0.2, -0.15) is 0 Å². The molecule has 0 aromatic carbocycles. The third-order valence-electron chi connectivity index (χ3n) is 4.93. The molecule has 3 amide bonds. The average Bonchev–Trinajstić information content (AvgIpc) is 2.96. The standard InChI is InChI=1S/C17H24N4O3/c1-10(2)14-17(24)21-8-6-11(9-13(21)16(23)19-14)18-15(22)12-5-4-7-20(12)3/h4-5,7,10-11,13-14H,6,8-9H2,1-3H3,(H,18,22)(H,19,23)/t11-,13-,14+/m0/s1. The van der Waals surface area contributed by atoms with Crippen molar-refractivity contribution in [2.24, 2.45) is 13.0 Å². The Morgan fingerprint density at radius 1 is 1.38 bits per heavy atom. The van der Waals surface area contributed by atoms with Crippen LogP contribution in [0.5, 0.6) is 0 Å². The van der Waals surface area contributed by atoms with E-state index in [9.17, 15) is 14.4 Å². The number of rotatable bonds is 3. The molecule has 0 spiro atoms. The molecule has 0 unspecified atom stereocenters. The number of piperazine rings is 1. The maximum absolute atomic E-state index is 12.5. The highest BCUT2D eigenvalue weighted by molar-refractivity contribution is 5.97. The number of hydrogen-bond donors (Lipinski definition) is 2. The monoisotopic (exact) mass is 332 g/mol. The molecule has 2 N–H and O–H groups in total. The van der Waals surface area contributed by atoms with Crippen LogP contribution >= 0.6 is 0 Å². The van der Waals surface area contributed by atoms with Crippen molar-refractivity contribution in [3.63, 3.8) is 0 Å². The zero-order valence-electron chi connectivity index (χ0n) is 14.3. The molecular formula is C17H24N4O3. The molecule has 7 nitrogen and oxygen atoms in total. The fourth-order valence-electron chi connectivity index (χ4n) is 3.51. The quantitative estimate of drug-likeness (QED) is 0.833. The largest absolute Gasteiger partial charge is 0.348 e. The van der Waals surface area contributed by atoms with Crippen molar-refractivity contribution in [1.29, 1.82) is 0 Å². The fraction of sp³-hybridized carbons (Fsp3) is 0.588. The number of aryl methyl sites for hydroxylation is 1. The number of piperidine rings is 1. The molecule has 130 valence electrons. The number of aromatic nitrogens is 1. The first-order valence-corrected chi connectivity index (χ1v) is 8.41. The van der Waals surface area contributed by atoms with Crippen molar-refractivity contribution in [3.05, 3.63) is 24.0 Å². The predicted molar refractivity (Wildman–Crippen MR) is 88.2 cm³/mol. The summed E-state index contributed by atoms with van der Waals surface area (Å²) in [7, 11) is 1.82. The van der Waals surface area contributed by atoms with Crippen molar-refractivity contribution in [2.75, 3.05) is 6.54 Å². The van der Waals surface area contributed by atoms with Gasteiger partial charge in [0.2, 0.25) is 11.8 Å². The maximum Gasteiger partial charge on any atom is 0.268 e. The Morgan fingerprint density at radius 3 is 2.75 bits per heavy atom. The van der Waals surface area contributed by atoms with E-state index in [1.54, 1.807) is 15.5 Å². The van der Waals surface area contributed by atoms with Crippen LogP contribution in [0.25, 0.3) is 0 Å². The minimum atomic E-state index is -0.486. The Bertz CT molecular complexity index is 667. The molecule has 2 aliphatic rings. The third-order valence-corrected chi connectivity index (χ3v) is 4.93. The second-order valence-corrected chi connectivity index (χ2v) is 6.98. The molecule has 7 heteroatoms. The molecule has 3 heterocycles. The van der Waals surface area contributed by atoms with Crippen LogP contribution in [0.3, 0.4) is 0 Å². The molecule has 2 aliphatic heterocycles. The number of nitrogens with zero attached hydrogens (tertiary/aromatic N) is 2. The van der Waals surface area contributed by atoms with Gasteiger partial charge in [0.25, 0.3) is 5.91 Å². The molecule has 0 saturated carbocycles. The Hall–Kier alpha value is -2.31. The Balaban J connectivity index is 1.67. The van der Waals surface area contributed by atoms with E-state index in [4.69, 9.17) is 0 Å². The molecule has 2 saturated heterocycles. The van der Waals surface area contributed by atoms with Gasteiger partial charge in [0, 0.05) is 25.8 Å². The van der Waals surface area contributed by atoms with E-state index in [2.05, 4.69) is 10.6 Å². The molecule has 2 fully saturated rings. The van der Waals surface area contributed by atoms with Crippen LogP contribution in [-0.4, -0.2) is 51.9 Å². The van der Waals surface area contributed by atoms with Crippen LogP contribution in [0.15, 0.2) is 18.3 Å². The van der Waals surface area contributed by atoms with Gasteiger partial charge in [-0.3, -0.25) is 14.4 Å². The minimum Gasteiger partial charge on any atom is -0.348 e. The zero-order chi connectivity index (χ0) is 17.4. The summed E-state index contributed by atoms with van der Waals surface area (Å²) in [5.74, 6) is -0.214. The number of carbonyl (C=O) groups excluding carboxylic acids is 3. The predicted octanol–water partition coefficient (Wildman–Crippen LogP) is 0.269. The first-order chi connectivity index (χ1) is 11.4. The molecule has 0 bridgehead atoms. The maximum atomic E-state index is 12.5. The highest BCUT2D eigenvalue weighted by Crippen LogP contribution is 2.24. The summed E-state index contributed by atoms with van der Waals surface area (Å²) < 4.78 is 1.76. The van der Waals surface area contributed by atoms with E-state index < -0.39 is 12.1 Å². The SMILES string of the molecule is CC(C)[C@H]1NC(=O)[C@@H]2C[C@@H](NC(=O)c3cccn3C)CCN2C1=O. The van der Waals surface area contributed by atoms with E-state index in [0.717, 1.165) is 0 Å². The lowest BCUT2D eigenvalue weighted by Crippen LogP contribution is -2.67. The lowest BCUT2D eigenvalue weighted by molar-refractivity contribution is -0.152. The number of carbonyl (C=O) groups is 3. The van der Waals surface area contributed by atoms with Gasteiger partial charge in [-0.1, -0.05) is 13.8 Å².